The Morgan fingerprint density at radius 1 is 1.28 bits per heavy atom. The summed E-state index contributed by atoms with van der Waals surface area (Å²) in [5, 5.41) is 3.66. The maximum atomic E-state index is 12.8. The zero-order valence-corrected chi connectivity index (χ0v) is 15.0. The van der Waals surface area contributed by atoms with E-state index in [1.807, 2.05) is 13.0 Å². The molecule has 3 rings (SSSR count). The molecule has 1 aliphatic heterocycles. The van der Waals surface area contributed by atoms with E-state index in [0.717, 1.165) is 0 Å². The van der Waals surface area contributed by atoms with E-state index < -0.39 is 0 Å². The van der Waals surface area contributed by atoms with Gasteiger partial charge >= 0.3 is 0 Å². The van der Waals surface area contributed by atoms with Gasteiger partial charge in [-0.1, -0.05) is 35.3 Å². The summed E-state index contributed by atoms with van der Waals surface area (Å²) in [5.74, 6) is -0.0611. The molecule has 1 atom stereocenters. The van der Waals surface area contributed by atoms with Crippen LogP contribution in [0.15, 0.2) is 42.5 Å². The van der Waals surface area contributed by atoms with E-state index in [0.29, 0.717) is 27.2 Å². The van der Waals surface area contributed by atoms with Crippen molar-refractivity contribution in [3.63, 3.8) is 0 Å². The van der Waals surface area contributed by atoms with Crippen molar-refractivity contribution in [3.05, 3.63) is 52.5 Å². The van der Waals surface area contributed by atoms with Crippen molar-refractivity contribution in [2.45, 2.75) is 19.4 Å². The number of fused-ring (bicyclic) bond motifs is 1. The Kier molecular flexibility index (Phi) is 5.16. The lowest BCUT2D eigenvalue weighted by atomic mass is 10.1. The molecule has 2 aromatic carbocycles. The van der Waals surface area contributed by atoms with E-state index >= 15 is 0 Å². The number of nitrogens with one attached hydrogen (secondary N) is 1. The Morgan fingerprint density at radius 3 is 2.84 bits per heavy atom. The first kappa shape index (κ1) is 17.6. The fourth-order valence-electron chi connectivity index (χ4n) is 2.76. The first-order valence-electron chi connectivity index (χ1n) is 7.74. The molecular weight excluding hydrogens is 363 g/mol. The van der Waals surface area contributed by atoms with Crippen molar-refractivity contribution < 1.29 is 14.3 Å². The summed E-state index contributed by atoms with van der Waals surface area (Å²) in [7, 11) is 0. The van der Waals surface area contributed by atoms with Gasteiger partial charge in [0, 0.05) is 23.6 Å². The highest BCUT2D eigenvalue weighted by atomic mass is 35.5. The van der Waals surface area contributed by atoms with Crippen molar-refractivity contribution in [2.24, 2.45) is 0 Å². The van der Waals surface area contributed by atoms with Crippen LogP contribution < -0.4 is 15.0 Å². The average Bonchev–Trinajstić information content (AvgIpc) is 2.69. The van der Waals surface area contributed by atoms with Crippen LogP contribution in [0.5, 0.6) is 5.75 Å². The van der Waals surface area contributed by atoms with Crippen LogP contribution >= 0.6 is 23.2 Å². The van der Waals surface area contributed by atoms with Crippen LogP contribution in [0.25, 0.3) is 0 Å². The van der Waals surface area contributed by atoms with Crippen molar-refractivity contribution in [3.8, 4) is 5.75 Å². The molecule has 2 amide bonds. The number of ether oxygens (including phenoxy) is 1. The maximum Gasteiger partial charge on any atom is 0.265 e. The summed E-state index contributed by atoms with van der Waals surface area (Å²) in [5.41, 5.74) is 1.25. The lowest BCUT2D eigenvalue weighted by Gasteiger charge is -2.27. The first-order valence-corrected chi connectivity index (χ1v) is 8.50. The van der Waals surface area contributed by atoms with Crippen molar-refractivity contribution in [2.75, 3.05) is 16.8 Å². The third-order valence-corrected chi connectivity index (χ3v) is 4.42. The second-order valence-corrected chi connectivity index (χ2v) is 6.59. The molecule has 1 N–H and O–H groups in total. The lowest BCUT2D eigenvalue weighted by molar-refractivity contribution is -0.121. The minimum atomic E-state index is -0.297. The SMILES string of the molecule is C[C@@H]1CC(=O)Nc2ccccc2N1C(=O)COc1cc(Cl)ccc1Cl. The van der Waals surface area contributed by atoms with E-state index in [9.17, 15) is 9.59 Å². The van der Waals surface area contributed by atoms with Crippen LogP contribution in [0.2, 0.25) is 10.0 Å². The molecule has 0 radical (unpaired) electrons. The third-order valence-electron chi connectivity index (χ3n) is 3.87. The van der Waals surface area contributed by atoms with Gasteiger partial charge in [-0.2, -0.15) is 0 Å². The standard InChI is InChI=1S/C18H16Cl2N2O3/c1-11-8-17(23)21-14-4-2-3-5-15(14)22(11)18(24)10-25-16-9-12(19)6-7-13(16)20/h2-7,9,11H,8,10H2,1H3,(H,21,23)/t11-/m1/s1. The number of amides is 2. The van der Waals surface area contributed by atoms with E-state index in [-0.39, 0.29) is 30.9 Å². The quantitative estimate of drug-likeness (QED) is 0.872. The number of para-hydroxylation sites is 2. The second-order valence-electron chi connectivity index (χ2n) is 5.75. The largest absolute Gasteiger partial charge is 0.482 e. The third kappa shape index (κ3) is 3.89. The predicted octanol–water partition coefficient (Wildman–Crippen LogP) is 4.14. The van der Waals surface area contributed by atoms with Gasteiger partial charge in [0.05, 0.1) is 16.4 Å². The van der Waals surface area contributed by atoms with Gasteiger partial charge in [-0.3, -0.25) is 9.59 Å². The molecular formula is C18H16Cl2N2O3. The fourth-order valence-corrected chi connectivity index (χ4v) is 3.10. The summed E-state index contributed by atoms with van der Waals surface area (Å²) in [6.45, 7) is 1.61. The van der Waals surface area contributed by atoms with Crippen LogP contribution in [0.1, 0.15) is 13.3 Å². The van der Waals surface area contributed by atoms with Gasteiger partial charge in [0.25, 0.3) is 5.91 Å². The van der Waals surface area contributed by atoms with Crippen LogP contribution in [0.4, 0.5) is 11.4 Å². The molecule has 1 aliphatic rings. The Balaban J connectivity index is 1.83. The van der Waals surface area contributed by atoms with Crippen molar-refractivity contribution in [1.29, 1.82) is 0 Å². The molecule has 0 saturated carbocycles. The van der Waals surface area contributed by atoms with Gasteiger partial charge in [0.1, 0.15) is 5.75 Å². The van der Waals surface area contributed by atoms with Gasteiger partial charge in [0.15, 0.2) is 6.61 Å². The number of benzene rings is 2. The van der Waals surface area contributed by atoms with Gasteiger partial charge in [-0.25, -0.2) is 0 Å². The Labute approximate surface area is 155 Å². The van der Waals surface area contributed by atoms with Crippen LogP contribution in [-0.2, 0) is 9.59 Å². The highest BCUT2D eigenvalue weighted by Crippen LogP contribution is 2.32. The highest BCUT2D eigenvalue weighted by molar-refractivity contribution is 6.34. The number of carbonyl (C=O) groups excluding carboxylic acids is 2. The molecule has 0 spiro atoms. The monoisotopic (exact) mass is 378 g/mol. The van der Waals surface area contributed by atoms with Crippen LogP contribution in [-0.4, -0.2) is 24.5 Å². The van der Waals surface area contributed by atoms with E-state index in [1.54, 1.807) is 41.3 Å². The Bertz CT molecular complexity index is 826. The highest BCUT2D eigenvalue weighted by Gasteiger charge is 2.29. The minimum Gasteiger partial charge on any atom is -0.482 e. The molecule has 0 aliphatic carbocycles. The summed E-state index contributed by atoms with van der Waals surface area (Å²) < 4.78 is 5.55. The molecule has 0 fully saturated rings. The van der Waals surface area contributed by atoms with Gasteiger partial charge in [0.2, 0.25) is 5.91 Å². The lowest BCUT2D eigenvalue weighted by Crippen LogP contribution is -2.41. The zero-order valence-electron chi connectivity index (χ0n) is 13.5. The molecule has 5 nitrogen and oxygen atoms in total. The molecule has 0 unspecified atom stereocenters. The maximum absolute atomic E-state index is 12.8. The fraction of sp³-hybridized carbons (Fsp3) is 0.222. The normalized spacial score (nSPS) is 16.7. The number of carbonyl (C=O) groups is 2. The zero-order chi connectivity index (χ0) is 18.0. The number of rotatable bonds is 3. The number of hydrogen-bond donors (Lipinski definition) is 1. The molecule has 130 valence electrons. The van der Waals surface area contributed by atoms with E-state index in [4.69, 9.17) is 27.9 Å². The summed E-state index contributed by atoms with van der Waals surface area (Å²) in [4.78, 5) is 26.3. The molecule has 1 heterocycles. The number of hydrogen-bond acceptors (Lipinski definition) is 3. The molecule has 7 heteroatoms. The summed E-state index contributed by atoms with van der Waals surface area (Å²) >= 11 is 12.0. The van der Waals surface area contributed by atoms with Crippen molar-refractivity contribution >= 4 is 46.4 Å². The average molecular weight is 379 g/mol. The summed E-state index contributed by atoms with van der Waals surface area (Å²) in [6, 6.07) is 11.7. The van der Waals surface area contributed by atoms with Gasteiger partial charge < -0.3 is 15.0 Å². The number of halogens is 2. The molecule has 0 bridgehead atoms. The van der Waals surface area contributed by atoms with Crippen LogP contribution in [0, 0.1) is 0 Å². The van der Waals surface area contributed by atoms with Gasteiger partial charge in [-0.05, 0) is 31.2 Å². The molecule has 0 saturated heterocycles. The molecule has 2 aromatic rings. The van der Waals surface area contributed by atoms with Gasteiger partial charge in [-0.15, -0.1) is 0 Å². The van der Waals surface area contributed by atoms with E-state index in [1.165, 1.54) is 0 Å². The first-order chi connectivity index (χ1) is 12.0. The molecule has 0 aromatic heterocycles. The van der Waals surface area contributed by atoms with Crippen molar-refractivity contribution in [1.82, 2.24) is 0 Å². The summed E-state index contributed by atoms with van der Waals surface area (Å²) in [6.07, 6.45) is 0.207. The number of nitrogens with zero attached hydrogens (tertiary/aromatic N) is 1. The Morgan fingerprint density at radius 2 is 2.04 bits per heavy atom. The second kappa shape index (κ2) is 7.33. The minimum absolute atomic E-state index is 0.131. The molecule has 25 heavy (non-hydrogen) atoms. The Hall–Kier alpha value is -2.24. The van der Waals surface area contributed by atoms with E-state index in [2.05, 4.69) is 5.32 Å². The van der Waals surface area contributed by atoms with Crippen LogP contribution in [0.3, 0.4) is 0 Å². The predicted molar refractivity (Wildman–Crippen MR) is 98.6 cm³/mol. The topological polar surface area (TPSA) is 58.6 Å². The smallest absolute Gasteiger partial charge is 0.265 e. The number of anilines is 2.